The van der Waals surface area contributed by atoms with E-state index in [1.807, 2.05) is 48.2 Å². The van der Waals surface area contributed by atoms with Crippen molar-refractivity contribution >= 4 is 11.8 Å². The first-order valence-corrected chi connectivity index (χ1v) is 12.0. The van der Waals surface area contributed by atoms with Crippen LogP contribution in [0.25, 0.3) is 0 Å². The van der Waals surface area contributed by atoms with Gasteiger partial charge in [0, 0.05) is 36.7 Å². The lowest BCUT2D eigenvalue weighted by molar-refractivity contribution is -0.141. The van der Waals surface area contributed by atoms with Crippen molar-refractivity contribution in [2.24, 2.45) is 17.8 Å². The highest BCUT2D eigenvalue weighted by Gasteiger charge is 2.58. The minimum atomic E-state index is -0.618. The Morgan fingerprint density at radius 1 is 1.09 bits per heavy atom. The highest BCUT2D eigenvalue weighted by molar-refractivity contribution is 5.85. The van der Waals surface area contributed by atoms with Gasteiger partial charge < -0.3 is 19.9 Å². The minimum absolute atomic E-state index is 0.0404. The number of carbonyl (C=O) groups excluding carboxylic acids is 2. The molecule has 174 valence electrons. The van der Waals surface area contributed by atoms with E-state index in [-0.39, 0.29) is 42.0 Å². The molecule has 5 atom stereocenters. The molecule has 2 N–H and O–H groups in total. The summed E-state index contributed by atoms with van der Waals surface area (Å²) in [6, 6.07) is 13.6. The number of aromatic nitrogens is 1. The molecule has 1 aliphatic carbocycles. The highest BCUT2D eigenvalue weighted by atomic mass is 16.3. The van der Waals surface area contributed by atoms with Crippen LogP contribution in [0.5, 0.6) is 0 Å². The Morgan fingerprint density at radius 2 is 1.82 bits per heavy atom. The topological polar surface area (TPSA) is 91.6 Å². The molecule has 1 saturated carbocycles. The molecule has 1 saturated heterocycles. The lowest BCUT2D eigenvalue weighted by Gasteiger charge is -2.39. The predicted octanol–water partition coefficient (Wildman–Crippen LogP) is 2.41. The first-order valence-electron chi connectivity index (χ1n) is 12.0. The predicted molar refractivity (Wildman–Crippen MR) is 123 cm³/mol. The molecule has 0 spiro atoms. The van der Waals surface area contributed by atoms with E-state index in [1.54, 1.807) is 10.6 Å². The van der Waals surface area contributed by atoms with Gasteiger partial charge in [-0.2, -0.15) is 0 Å². The largest absolute Gasteiger partial charge is 0.396 e. The fourth-order valence-corrected chi connectivity index (χ4v) is 6.18. The van der Waals surface area contributed by atoms with Crippen molar-refractivity contribution in [2.75, 3.05) is 6.61 Å². The maximum absolute atomic E-state index is 13.7. The number of aliphatic hydroxyl groups excluding tert-OH is 1. The van der Waals surface area contributed by atoms with Crippen molar-refractivity contribution < 1.29 is 14.7 Å². The maximum atomic E-state index is 13.7. The third-order valence-electron chi connectivity index (χ3n) is 7.84. The van der Waals surface area contributed by atoms with E-state index < -0.39 is 17.9 Å². The van der Waals surface area contributed by atoms with Crippen molar-refractivity contribution in [3.63, 3.8) is 0 Å². The summed E-state index contributed by atoms with van der Waals surface area (Å²) in [5.41, 5.74) is 1.54. The summed E-state index contributed by atoms with van der Waals surface area (Å²) >= 11 is 0. The lowest BCUT2D eigenvalue weighted by atomic mass is 9.86. The van der Waals surface area contributed by atoms with Crippen LogP contribution < -0.4 is 10.9 Å². The Labute approximate surface area is 193 Å². The zero-order valence-electron chi connectivity index (χ0n) is 18.9. The third kappa shape index (κ3) is 3.68. The number of carbonyl (C=O) groups is 2. The first kappa shape index (κ1) is 21.9. The number of amides is 2. The molecule has 2 bridgehead atoms. The average molecular weight is 450 g/mol. The minimum Gasteiger partial charge on any atom is -0.396 e. The van der Waals surface area contributed by atoms with Crippen LogP contribution in [0.3, 0.4) is 0 Å². The summed E-state index contributed by atoms with van der Waals surface area (Å²) in [4.78, 5) is 41.8. The molecule has 5 rings (SSSR count). The molecule has 7 nitrogen and oxygen atoms in total. The molecular formula is C26H31N3O4. The van der Waals surface area contributed by atoms with Crippen LogP contribution in [-0.4, -0.2) is 39.0 Å². The molecule has 3 heterocycles. The van der Waals surface area contributed by atoms with Gasteiger partial charge in [0.15, 0.2) is 0 Å². The molecule has 1 aromatic heterocycles. The normalized spacial score (nSPS) is 27.3. The van der Waals surface area contributed by atoms with E-state index >= 15 is 0 Å². The number of nitrogens with zero attached hydrogens (tertiary/aromatic N) is 2. The summed E-state index contributed by atoms with van der Waals surface area (Å²) in [5, 5.41) is 13.5. The van der Waals surface area contributed by atoms with Crippen molar-refractivity contribution in [2.45, 2.75) is 57.3 Å². The Morgan fingerprint density at radius 3 is 2.52 bits per heavy atom. The van der Waals surface area contributed by atoms with Crippen LogP contribution in [0.15, 0.2) is 53.3 Å². The molecule has 2 fully saturated rings. The standard InChI is InChI=1S/C26H31N3O4/c1-16(17-8-3-2-4-9-17)27-25(32)23-19(15-30)21-14-28-20(12-7-13-22(28)31)24(23)29(21)26(33)18-10-5-6-11-18/h2-4,7-9,12-13,16,18-19,21,23-24,30H,5-6,10-11,14-15H2,1H3,(H,27,32)/t16-,19-,21-,23+,24+/m1/s1. The van der Waals surface area contributed by atoms with Crippen LogP contribution >= 0.6 is 0 Å². The first-order chi connectivity index (χ1) is 16.0. The maximum Gasteiger partial charge on any atom is 0.250 e. The molecule has 1 aromatic carbocycles. The summed E-state index contributed by atoms with van der Waals surface area (Å²) in [5.74, 6) is -1.21. The van der Waals surface area contributed by atoms with Gasteiger partial charge in [-0.15, -0.1) is 0 Å². The molecule has 7 heteroatoms. The van der Waals surface area contributed by atoms with E-state index in [1.165, 1.54) is 6.07 Å². The summed E-state index contributed by atoms with van der Waals surface area (Å²) in [6.45, 7) is 2.03. The average Bonchev–Trinajstić information content (AvgIpc) is 3.44. The Kier molecular flexibility index (Phi) is 5.83. The number of pyridine rings is 1. The van der Waals surface area contributed by atoms with Gasteiger partial charge in [0.05, 0.1) is 24.0 Å². The number of hydrogen-bond acceptors (Lipinski definition) is 4. The zero-order chi connectivity index (χ0) is 23.1. The van der Waals surface area contributed by atoms with E-state index in [0.29, 0.717) is 12.2 Å². The van der Waals surface area contributed by atoms with Crippen LogP contribution in [0.2, 0.25) is 0 Å². The Bertz CT molecular complexity index is 1090. The van der Waals surface area contributed by atoms with Crippen LogP contribution in [-0.2, 0) is 16.1 Å². The van der Waals surface area contributed by atoms with Gasteiger partial charge in [-0.25, -0.2) is 0 Å². The molecule has 2 amide bonds. The second-order valence-electron chi connectivity index (χ2n) is 9.65. The fraction of sp³-hybridized carbons (Fsp3) is 0.500. The number of fused-ring (bicyclic) bond motifs is 4. The van der Waals surface area contributed by atoms with Crippen molar-refractivity contribution in [1.82, 2.24) is 14.8 Å². The number of benzene rings is 1. The second kappa shape index (κ2) is 8.78. The molecule has 3 aliphatic rings. The van der Waals surface area contributed by atoms with Gasteiger partial charge in [-0.05, 0) is 31.4 Å². The van der Waals surface area contributed by atoms with E-state index in [9.17, 15) is 19.5 Å². The molecule has 2 aromatic rings. The van der Waals surface area contributed by atoms with Gasteiger partial charge in [-0.1, -0.05) is 49.2 Å². The van der Waals surface area contributed by atoms with Gasteiger partial charge in [-0.3, -0.25) is 14.4 Å². The monoisotopic (exact) mass is 449 g/mol. The number of hydrogen-bond donors (Lipinski definition) is 2. The molecule has 2 aliphatic heterocycles. The summed E-state index contributed by atoms with van der Waals surface area (Å²) in [6.07, 6.45) is 3.80. The van der Waals surface area contributed by atoms with E-state index in [0.717, 1.165) is 31.2 Å². The van der Waals surface area contributed by atoms with Gasteiger partial charge >= 0.3 is 0 Å². The molecule has 0 radical (unpaired) electrons. The number of aliphatic hydroxyl groups is 1. The quantitative estimate of drug-likeness (QED) is 0.733. The number of rotatable bonds is 5. The zero-order valence-corrected chi connectivity index (χ0v) is 18.9. The SMILES string of the molecule is C[C@@H](NC(=O)[C@H]1[C@H](CO)[C@H]2Cn3c(cccc3=O)[C@@H]1N2C(=O)C1CCCC1)c1ccccc1. The van der Waals surface area contributed by atoms with Gasteiger partial charge in [0.1, 0.15) is 0 Å². The Hall–Kier alpha value is -2.93. The molecular weight excluding hydrogens is 418 g/mol. The van der Waals surface area contributed by atoms with Crippen LogP contribution in [0.4, 0.5) is 0 Å². The van der Waals surface area contributed by atoms with Crippen LogP contribution in [0.1, 0.15) is 55.9 Å². The van der Waals surface area contributed by atoms with E-state index in [4.69, 9.17) is 0 Å². The fourth-order valence-electron chi connectivity index (χ4n) is 6.18. The Balaban J connectivity index is 1.53. The molecule has 33 heavy (non-hydrogen) atoms. The van der Waals surface area contributed by atoms with Crippen molar-refractivity contribution in [3.8, 4) is 0 Å². The lowest BCUT2D eigenvalue weighted by Crippen LogP contribution is -2.50. The van der Waals surface area contributed by atoms with Crippen molar-refractivity contribution in [3.05, 3.63) is 70.1 Å². The highest BCUT2D eigenvalue weighted by Crippen LogP contribution is 2.49. The smallest absolute Gasteiger partial charge is 0.250 e. The second-order valence-corrected chi connectivity index (χ2v) is 9.65. The van der Waals surface area contributed by atoms with Gasteiger partial charge in [0.2, 0.25) is 11.8 Å². The van der Waals surface area contributed by atoms with Crippen molar-refractivity contribution in [1.29, 1.82) is 0 Å². The molecule has 0 unspecified atom stereocenters. The summed E-state index contributed by atoms with van der Waals surface area (Å²) < 4.78 is 1.68. The summed E-state index contributed by atoms with van der Waals surface area (Å²) in [7, 11) is 0. The third-order valence-corrected chi connectivity index (χ3v) is 7.84. The van der Waals surface area contributed by atoms with Crippen LogP contribution in [0, 0.1) is 17.8 Å². The van der Waals surface area contributed by atoms with E-state index in [2.05, 4.69) is 5.32 Å². The number of nitrogens with one attached hydrogen (secondary N) is 1. The van der Waals surface area contributed by atoms with Gasteiger partial charge in [0.25, 0.3) is 5.56 Å².